The average Bonchev–Trinajstić information content (AvgIpc) is 3.19. The lowest BCUT2D eigenvalue weighted by molar-refractivity contribution is -0.380. The van der Waals surface area contributed by atoms with Gasteiger partial charge in [-0.3, -0.25) is 19.7 Å². The minimum atomic E-state index is -0.514. The fourth-order valence-electron chi connectivity index (χ4n) is 2.59. The summed E-state index contributed by atoms with van der Waals surface area (Å²) in [5.74, 6) is -0.391. The highest BCUT2D eigenvalue weighted by molar-refractivity contribution is 7.17. The lowest BCUT2D eigenvalue weighted by Gasteiger charge is -2.27. The maximum atomic E-state index is 12.6. The number of likely N-dealkylation sites (N-methyl/N-ethyl adjacent to an activating group) is 2. The number of amides is 2. The molecule has 2 heterocycles. The van der Waals surface area contributed by atoms with Gasteiger partial charge in [-0.15, -0.1) is 0 Å². The molecule has 2 amide bonds. The van der Waals surface area contributed by atoms with Crippen LogP contribution in [0.25, 0.3) is 0 Å². The molecular weight excluding hydrogens is 320 g/mol. The quantitative estimate of drug-likeness (QED) is 0.614. The largest absolute Gasteiger partial charge is 0.343 e. The van der Waals surface area contributed by atoms with Crippen molar-refractivity contribution < 1.29 is 14.5 Å². The summed E-state index contributed by atoms with van der Waals surface area (Å²) in [6.45, 7) is 1.75. The monoisotopic (exact) mass is 340 g/mol. The number of carbonyl (C=O) groups is 2. The fourth-order valence-corrected chi connectivity index (χ4v) is 3.37. The van der Waals surface area contributed by atoms with Crippen LogP contribution in [0.3, 0.4) is 0 Å². The number of nitrogens with one attached hydrogen (secondary N) is 1. The van der Waals surface area contributed by atoms with Gasteiger partial charge in [0.1, 0.15) is 6.04 Å². The molecular formula is C14H20N4O4S. The third-order valence-electron chi connectivity index (χ3n) is 3.85. The molecule has 1 saturated heterocycles. The van der Waals surface area contributed by atoms with Crippen LogP contribution < -0.4 is 5.32 Å². The van der Waals surface area contributed by atoms with Crippen molar-refractivity contribution in [2.75, 3.05) is 33.7 Å². The summed E-state index contributed by atoms with van der Waals surface area (Å²) in [4.78, 5) is 38.8. The van der Waals surface area contributed by atoms with Gasteiger partial charge in [-0.25, -0.2) is 0 Å². The molecule has 0 aromatic carbocycles. The third kappa shape index (κ3) is 3.85. The molecule has 1 aliphatic heterocycles. The Morgan fingerprint density at radius 3 is 2.87 bits per heavy atom. The molecule has 1 atom stereocenters. The molecule has 9 heteroatoms. The Bertz CT molecular complexity index is 603. The van der Waals surface area contributed by atoms with Gasteiger partial charge in [-0.1, -0.05) is 11.3 Å². The van der Waals surface area contributed by atoms with Crippen LogP contribution in [0.5, 0.6) is 0 Å². The highest BCUT2D eigenvalue weighted by Crippen LogP contribution is 2.28. The molecule has 23 heavy (non-hydrogen) atoms. The second kappa shape index (κ2) is 7.51. The molecule has 1 N–H and O–H groups in total. The van der Waals surface area contributed by atoms with Crippen molar-refractivity contribution in [3.8, 4) is 0 Å². The van der Waals surface area contributed by atoms with Gasteiger partial charge >= 0.3 is 5.00 Å². The summed E-state index contributed by atoms with van der Waals surface area (Å²) < 4.78 is 0. The van der Waals surface area contributed by atoms with E-state index in [-0.39, 0.29) is 16.8 Å². The van der Waals surface area contributed by atoms with Crippen LogP contribution in [0, 0.1) is 10.1 Å². The zero-order valence-electron chi connectivity index (χ0n) is 13.2. The van der Waals surface area contributed by atoms with Gasteiger partial charge in [-0.2, -0.15) is 0 Å². The summed E-state index contributed by atoms with van der Waals surface area (Å²) in [7, 11) is 3.53. The first-order valence-electron chi connectivity index (χ1n) is 7.40. The lowest BCUT2D eigenvalue weighted by atomic mass is 10.2. The summed E-state index contributed by atoms with van der Waals surface area (Å²) in [5, 5.41) is 13.7. The van der Waals surface area contributed by atoms with Crippen LogP contribution in [0.4, 0.5) is 5.00 Å². The molecule has 0 radical (unpaired) electrons. The number of carbonyl (C=O) groups excluding carboxylic acids is 2. The van der Waals surface area contributed by atoms with E-state index in [0.717, 1.165) is 17.8 Å². The molecule has 0 saturated carbocycles. The Morgan fingerprint density at radius 2 is 2.26 bits per heavy atom. The van der Waals surface area contributed by atoms with E-state index in [4.69, 9.17) is 0 Å². The molecule has 1 unspecified atom stereocenters. The molecule has 0 spiro atoms. The second-order valence-electron chi connectivity index (χ2n) is 5.41. The number of rotatable bonds is 6. The number of nitro groups is 1. The molecule has 1 aromatic rings. The van der Waals surface area contributed by atoms with E-state index in [2.05, 4.69) is 5.32 Å². The van der Waals surface area contributed by atoms with Crippen LogP contribution in [-0.4, -0.2) is 66.3 Å². The zero-order chi connectivity index (χ0) is 17.0. The molecule has 1 fully saturated rings. The Hall–Kier alpha value is -2.00. The number of hydrogen-bond acceptors (Lipinski definition) is 6. The Balaban J connectivity index is 2.09. The van der Waals surface area contributed by atoms with E-state index in [1.807, 2.05) is 7.05 Å². The van der Waals surface area contributed by atoms with E-state index >= 15 is 0 Å². The molecule has 126 valence electrons. The standard InChI is InChI=1S/C14H20N4O4S/c1-15-7-9-16(2)13(19)10-4-3-8-17(10)14(20)11-5-6-12(23-11)18(21)22/h5-6,10,15H,3-4,7-9H2,1-2H3. The van der Waals surface area contributed by atoms with Crippen LogP contribution in [0.2, 0.25) is 0 Å². The van der Waals surface area contributed by atoms with Crippen molar-refractivity contribution in [1.82, 2.24) is 15.1 Å². The van der Waals surface area contributed by atoms with Crippen molar-refractivity contribution in [2.24, 2.45) is 0 Å². The van der Waals surface area contributed by atoms with Crippen molar-refractivity contribution in [2.45, 2.75) is 18.9 Å². The van der Waals surface area contributed by atoms with E-state index in [9.17, 15) is 19.7 Å². The first-order chi connectivity index (χ1) is 11.0. The number of nitrogens with zero attached hydrogens (tertiary/aromatic N) is 3. The minimum absolute atomic E-state index is 0.0680. The SMILES string of the molecule is CNCCN(C)C(=O)C1CCCN1C(=O)c1ccc([N+](=O)[O-])s1. The normalized spacial score (nSPS) is 17.3. The van der Waals surface area contributed by atoms with Crippen molar-refractivity contribution in [3.63, 3.8) is 0 Å². The second-order valence-corrected chi connectivity index (χ2v) is 6.48. The summed E-state index contributed by atoms with van der Waals surface area (Å²) in [6, 6.07) is 2.30. The van der Waals surface area contributed by atoms with Gasteiger partial charge in [0, 0.05) is 32.7 Å². The molecule has 0 bridgehead atoms. The fraction of sp³-hybridized carbons (Fsp3) is 0.571. The van der Waals surface area contributed by atoms with Crippen molar-refractivity contribution in [1.29, 1.82) is 0 Å². The smallest absolute Gasteiger partial charge is 0.324 e. The van der Waals surface area contributed by atoms with Gasteiger partial charge in [-0.05, 0) is 26.0 Å². The molecule has 8 nitrogen and oxygen atoms in total. The maximum Gasteiger partial charge on any atom is 0.324 e. The van der Waals surface area contributed by atoms with Crippen LogP contribution in [0.1, 0.15) is 22.5 Å². The molecule has 0 aliphatic carbocycles. The highest BCUT2D eigenvalue weighted by atomic mass is 32.1. The summed E-state index contributed by atoms with van der Waals surface area (Å²) in [6.07, 6.45) is 1.39. The Labute approximate surface area is 138 Å². The van der Waals surface area contributed by atoms with Crippen LogP contribution in [-0.2, 0) is 4.79 Å². The van der Waals surface area contributed by atoms with Gasteiger partial charge in [0.15, 0.2) is 0 Å². The topological polar surface area (TPSA) is 95.8 Å². The Kier molecular flexibility index (Phi) is 5.67. The molecule has 1 aliphatic rings. The Morgan fingerprint density at radius 1 is 1.52 bits per heavy atom. The van der Waals surface area contributed by atoms with Crippen molar-refractivity contribution >= 4 is 28.2 Å². The summed E-state index contributed by atoms with van der Waals surface area (Å²) >= 11 is 0.847. The van der Waals surface area contributed by atoms with Crippen LogP contribution >= 0.6 is 11.3 Å². The van der Waals surface area contributed by atoms with Crippen molar-refractivity contribution in [3.05, 3.63) is 27.1 Å². The average molecular weight is 340 g/mol. The number of hydrogen-bond donors (Lipinski definition) is 1. The minimum Gasteiger partial charge on any atom is -0.343 e. The summed E-state index contributed by atoms with van der Waals surface area (Å²) in [5.41, 5.74) is 0. The van der Waals surface area contributed by atoms with Gasteiger partial charge < -0.3 is 15.1 Å². The lowest BCUT2D eigenvalue weighted by Crippen LogP contribution is -2.47. The van der Waals surface area contributed by atoms with E-state index in [1.54, 1.807) is 11.9 Å². The molecule has 2 rings (SSSR count). The van der Waals surface area contributed by atoms with Crippen LogP contribution in [0.15, 0.2) is 12.1 Å². The third-order valence-corrected chi connectivity index (χ3v) is 4.88. The highest BCUT2D eigenvalue weighted by Gasteiger charge is 2.36. The first-order valence-corrected chi connectivity index (χ1v) is 8.22. The number of thiophene rings is 1. The first kappa shape index (κ1) is 17.4. The van der Waals surface area contributed by atoms with Gasteiger partial charge in [0.05, 0.1) is 9.80 Å². The van der Waals surface area contributed by atoms with Gasteiger partial charge in [0.25, 0.3) is 5.91 Å². The zero-order valence-corrected chi connectivity index (χ0v) is 14.0. The maximum absolute atomic E-state index is 12.6. The van der Waals surface area contributed by atoms with E-state index in [1.165, 1.54) is 17.0 Å². The van der Waals surface area contributed by atoms with Gasteiger partial charge in [0.2, 0.25) is 5.91 Å². The predicted octanol–water partition coefficient (Wildman–Crippen LogP) is 0.939. The van der Waals surface area contributed by atoms with E-state index in [0.29, 0.717) is 30.9 Å². The molecule has 1 aromatic heterocycles. The van der Waals surface area contributed by atoms with E-state index < -0.39 is 11.0 Å². The number of likely N-dealkylation sites (tertiary alicyclic amines) is 1. The predicted molar refractivity (Wildman–Crippen MR) is 86.6 cm³/mol.